The minimum atomic E-state index is -0.416. The van der Waals surface area contributed by atoms with E-state index in [1.807, 2.05) is 19.9 Å². The average Bonchev–Trinajstić information content (AvgIpc) is 2.52. The summed E-state index contributed by atoms with van der Waals surface area (Å²) in [6.45, 7) is 3.78. The van der Waals surface area contributed by atoms with Crippen LogP contribution in [0, 0.1) is 5.82 Å². The standard InChI is InChI=1S/C18H19FN2O2S/c1-12(2)20-17(22)11-24-16-9-4-3-8-15(16)18(23)21-14-7-5-6-13(19)10-14/h3-10,12H,11H2,1-2H3,(H,20,22)(H,21,23). The Bertz CT molecular complexity index is 734. The summed E-state index contributed by atoms with van der Waals surface area (Å²) in [5, 5.41) is 5.47. The molecule has 2 rings (SSSR count). The van der Waals surface area contributed by atoms with Crippen molar-refractivity contribution in [2.24, 2.45) is 0 Å². The van der Waals surface area contributed by atoms with E-state index in [1.165, 1.54) is 30.0 Å². The summed E-state index contributed by atoms with van der Waals surface area (Å²) in [5.41, 5.74) is 0.835. The summed E-state index contributed by atoms with van der Waals surface area (Å²) in [6, 6.07) is 12.8. The number of amides is 2. The molecule has 6 heteroatoms. The maximum atomic E-state index is 13.2. The lowest BCUT2D eigenvalue weighted by Gasteiger charge is -2.11. The largest absolute Gasteiger partial charge is 0.353 e. The Labute approximate surface area is 144 Å². The lowest BCUT2D eigenvalue weighted by atomic mass is 10.2. The second-order valence-electron chi connectivity index (χ2n) is 5.47. The van der Waals surface area contributed by atoms with Crippen molar-refractivity contribution in [3.05, 3.63) is 59.9 Å². The van der Waals surface area contributed by atoms with Gasteiger partial charge < -0.3 is 10.6 Å². The molecule has 0 aliphatic heterocycles. The molecule has 0 aliphatic rings. The molecular formula is C18H19FN2O2S. The molecule has 0 unspecified atom stereocenters. The first-order valence-corrected chi connectivity index (χ1v) is 8.52. The maximum Gasteiger partial charge on any atom is 0.256 e. The van der Waals surface area contributed by atoms with Crippen LogP contribution in [0.3, 0.4) is 0 Å². The molecule has 2 aromatic rings. The zero-order valence-electron chi connectivity index (χ0n) is 13.5. The molecule has 24 heavy (non-hydrogen) atoms. The van der Waals surface area contributed by atoms with E-state index in [-0.39, 0.29) is 23.6 Å². The molecule has 0 heterocycles. The van der Waals surface area contributed by atoms with Gasteiger partial charge >= 0.3 is 0 Å². The second-order valence-corrected chi connectivity index (χ2v) is 6.49. The molecule has 2 N–H and O–H groups in total. The number of hydrogen-bond acceptors (Lipinski definition) is 3. The van der Waals surface area contributed by atoms with Crippen LogP contribution in [0.25, 0.3) is 0 Å². The highest BCUT2D eigenvalue weighted by Gasteiger charge is 2.13. The SMILES string of the molecule is CC(C)NC(=O)CSc1ccccc1C(=O)Nc1cccc(F)c1. The molecule has 4 nitrogen and oxygen atoms in total. The number of rotatable bonds is 6. The molecule has 0 atom stereocenters. The highest BCUT2D eigenvalue weighted by Crippen LogP contribution is 2.23. The van der Waals surface area contributed by atoms with Crippen LogP contribution in [0.4, 0.5) is 10.1 Å². The van der Waals surface area contributed by atoms with Gasteiger partial charge in [-0.2, -0.15) is 0 Å². The molecule has 0 aromatic heterocycles. The summed E-state index contributed by atoms with van der Waals surface area (Å²) in [5.74, 6) is -0.619. The van der Waals surface area contributed by atoms with Crippen molar-refractivity contribution < 1.29 is 14.0 Å². The molecule has 2 amide bonds. The minimum Gasteiger partial charge on any atom is -0.353 e. The first-order chi connectivity index (χ1) is 11.5. The maximum absolute atomic E-state index is 13.2. The molecule has 0 spiro atoms. The summed E-state index contributed by atoms with van der Waals surface area (Å²) < 4.78 is 13.2. The number of carbonyl (C=O) groups is 2. The predicted octanol–water partition coefficient (Wildman–Crippen LogP) is 3.69. The van der Waals surface area contributed by atoms with Crippen molar-refractivity contribution in [1.82, 2.24) is 5.32 Å². The van der Waals surface area contributed by atoms with E-state index in [1.54, 1.807) is 24.3 Å². The van der Waals surface area contributed by atoms with Crippen LogP contribution in [-0.2, 0) is 4.79 Å². The smallest absolute Gasteiger partial charge is 0.256 e. The highest BCUT2D eigenvalue weighted by molar-refractivity contribution is 8.00. The number of benzene rings is 2. The van der Waals surface area contributed by atoms with Gasteiger partial charge in [-0.3, -0.25) is 9.59 Å². The van der Waals surface area contributed by atoms with Crippen LogP contribution in [0.15, 0.2) is 53.4 Å². The second kappa shape index (κ2) is 8.49. The third-order valence-electron chi connectivity index (χ3n) is 3.02. The van der Waals surface area contributed by atoms with Crippen molar-refractivity contribution >= 4 is 29.3 Å². The van der Waals surface area contributed by atoms with Gasteiger partial charge in [-0.1, -0.05) is 18.2 Å². The van der Waals surface area contributed by atoms with Gasteiger partial charge in [0.05, 0.1) is 11.3 Å². The molecular weight excluding hydrogens is 327 g/mol. The topological polar surface area (TPSA) is 58.2 Å². The van der Waals surface area contributed by atoms with Gasteiger partial charge in [0.25, 0.3) is 5.91 Å². The van der Waals surface area contributed by atoms with Crippen LogP contribution < -0.4 is 10.6 Å². The van der Waals surface area contributed by atoms with Gasteiger partial charge in [-0.15, -0.1) is 11.8 Å². The Balaban J connectivity index is 2.07. The highest BCUT2D eigenvalue weighted by atomic mass is 32.2. The van der Waals surface area contributed by atoms with Gasteiger partial charge in [0.15, 0.2) is 0 Å². The Kier molecular flexibility index (Phi) is 6.37. The average molecular weight is 346 g/mol. The fourth-order valence-electron chi connectivity index (χ4n) is 2.05. The van der Waals surface area contributed by atoms with E-state index in [2.05, 4.69) is 10.6 Å². The van der Waals surface area contributed by atoms with E-state index < -0.39 is 5.82 Å². The molecule has 0 saturated carbocycles. The Hall–Kier alpha value is -2.34. The summed E-state index contributed by atoms with van der Waals surface area (Å²) >= 11 is 1.29. The zero-order chi connectivity index (χ0) is 17.5. The van der Waals surface area contributed by atoms with Gasteiger partial charge in [-0.25, -0.2) is 4.39 Å². The van der Waals surface area contributed by atoms with Crippen LogP contribution in [0.2, 0.25) is 0 Å². The Morgan fingerprint density at radius 2 is 1.88 bits per heavy atom. The van der Waals surface area contributed by atoms with E-state index in [9.17, 15) is 14.0 Å². The van der Waals surface area contributed by atoms with E-state index >= 15 is 0 Å². The van der Waals surface area contributed by atoms with Gasteiger partial charge in [0, 0.05) is 16.6 Å². The number of hydrogen-bond donors (Lipinski definition) is 2. The number of thioether (sulfide) groups is 1. The van der Waals surface area contributed by atoms with Gasteiger partial charge in [-0.05, 0) is 44.2 Å². The van der Waals surface area contributed by atoms with E-state index in [0.29, 0.717) is 16.1 Å². The molecule has 0 fully saturated rings. The molecule has 2 aromatic carbocycles. The number of nitrogens with one attached hydrogen (secondary N) is 2. The molecule has 0 saturated heterocycles. The lowest BCUT2D eigenvalue weighted by Crippen LogP contribution is -2.31. The van der Waals surface area contributed by atoms with Gasteiger partial charge in [0.2, 0.25) is 5.91 Å². The van der Waals surface area contributed by atoms with E-state index in [0.717, 1.165) is 0 Å². The quantitative estimate of drug-likeness (QED) is 0.784. The third kappa shape index (κ3) is 5.38. The fourth-order valence-corrected chi connectivity index (χ4v) is 2.91. The first-order valence-electron chi connectivity index (χ1n) is 7.54. The fraction of sp³-hybridized carbons (Fsp3) is 0.222. The normalized spacial score (nSPS) is 10.5. The summed E-state index contributed by atoms with van der Waals surface area (Å²) in [6.07, 6.45) is 0. The Morgan fingerprint density at radius 1 is 1.12 bits per heavy atom. The Morgan fingerprint density at radius 3 is 2.58 bits per heavy atom. The minimum absolute atomic E-state index is 0.0737. The number of carbonyl (C=O) groups excluding carboxylic acids is 2. The molecule has 0 aliphatic carbocycles. The predicted molar refractivity (Wildman–Crippen MR) is 94.8 cm³/mol. The lowest BCUT2D eigenvalue weighted by molar-refractivity contribution is -0.119. The first kappa shape index (κ1) is 18.0. The van der Waals surface area contributed by atoms with Crippen molar-refractivity contribution in [3.63, 3.8) is 0 Å². The van der Waals surface area contributed by atoms with Crippen LogP contribution in [0.1, 0.15) is 24.2 Å². The summed E-state index contributed by atoms with van der Waals surface area (Å²) in [4.78, 5) is 24.9. The van der Waals surface area contributed by atoms with Crippen LogP contribution in [0.5, 0.6) is 0 Å². The van der Waals surface area contributed by atoms with Gasteiger partial charge in [0.1, 0.15) is 5.82 Å². The van der Waals surface area contributed by atoms with Crippen LogP contribution in [-0.4, -0.2) is 23.6 Å². The zero-order valence-corrected chi connectivity index (χ0v) is 14.3. The number of halogens is 1. The third-order valence-corrected chi connectivity index (χ3v) is 4.10. The monoisotopic (exact) mass is 346 g/mol. The van der Waals surface area contributed by atoms with Crippen molar-refractivity contribution in [3.8, 4) is 0 Å². The number of anilines is 1. The summed E-state index contributed by atoms with van der Waals surface area (Å²) in [7, 11) is 0. The van der Waals surface area contributed by atoms with Crippen molar-refractivity contribution in [2.45, 2.75) is 24.8 Å². The molecule has 126 valence electrons. The molecule has 0 bridgehead atoms. The van der Waals surface area contributed by atoms with Crippen LogP contribution >= 0.6 is 11.8 Å². The van der Waals surface area contributed by atoms with Crippen molar-refractivity contribution in [1.29, 1.82) is 0 Å². The van der Waals surface area contributed by atoms with E-state index in [4.69, 9.17) is 0 Å². The molecule has 0 radical (unpaired) electrons. The van der Waals surface area contributed by atoms with Crippen molar-refractivity contribution in [2.75, 3.05) is 11.1 Å².